The van der Waals surface area contributed by atoms with E-state index in [-0.39, 0.29) is 23.1 Å². The van der Waals surface area contributed by atoms with Crippen molar-refractivity contribution in [1.29, 1.82) is 0 Å². The quantitative estimate of drug-likeness (QED) is 0.876. The number of benzene rings is 1. The molecule has 0 fully saturated rings. The van der Waals surface area contributed by atoms with Crippen LogP contribution in [0.1, 0.15) is 45.0 Å². The highest BCUT2D eigenvalue weighted by molar-refractivity contribution is 5.99. The smallest absolute Gasteiger partial charge is 0.253 e. The van der Waals surface area contributed by atoms with Crippen LogP contribution in [0.5, 0.6) is 0 Å². The summed E-state index contributed by atoms with van der Waals surface area (Å²) in [4.78, 5) is 12.2. The maximum absolute atomic E-state index is 13.7. The maximum atomic E-state index is 13.7. The first-order valence-corrected chi connectivity index (χ1v) is 6.60. The molecular weight excluding hydrogens is 243 g/mol. The van der Waals surface area contributed by atoms with Gasteiger partial charge in [0.25, 0.3) is 5.91 Å². The molecule has 1 atom stereocenters. The number of para-hydroxylation sites is 1. The average Bonchev–Trinajstić information content (AvgIpc) is 2.30. The molecule has 0 heterocycles. The standard InChI is InChI=1S/C15H23FN2O/c1-6-17-13-11(8-7-9-12(13)16)14(19)18-10(2)15(3,4)5/h7-10,17H,6H2,1-5H3,(H,18,19). The Morgan fingerprint density at radius 2 is 2.00 bits per heavy atom. The Morgan fingerprint density at radius 3 is 2.53 bits per heavy atom. The Labute approximate surface area is 114 Å². The van der Waals surface area contributed by atoms with Crippen LogP contribution < -0.4 is 10.6 Å². The summed E-state index contributed by atoms with van der Waals surface area (Å²) in [7, 11) is 0. The molecule has 0 aromatic heterocycles. The molecule has 1 amide bonds. The Bertz CT molecular complexity index is 452. The average molecular weight is 266 g/mol. The number of rotatable bonds is 4. The van der Waals surface area contributed by atoms with Crippen molar-refractivity contribution in [2.75, 3.05) is 11.9 Å². The summed E-state index contributed by atoms with van der Waals surface area (Å²) in [5.74, 6) is -0.657. The third kappa shape index (κ3) is 3.94. The zero-order valence-electron chi connectivity index (χ0n) is 12.3. The molecule has 0 saturated heterocycles. The predicted molar refractivity (Wildman–Crippen MR) is 76.9 cm³/mol. The first kappa shape index (κ1) is 15.5. The minimum absolute atomic E-state index is 0.00209. The summed E-state index contributed by atoms with van der Waals surface area (Å²) in [6.07, 6.45) is 0. The van der Waals surface area contributed by atoms with E-state index < -0.39 is 5.82 Å². The van der Waals surface area contributed by atoms with E-state index in [0.717, 1.165) is 0 Å². The first-order chi connectivity index (χ1) is 8.77. The highest BCUT2D eigenvalue weighted by Crippen LogP contribution is 2.22. The molecule has 19 heavy (non-hydrogen) atoms. The highest BCUT2D eigenvalue weighted by Gasteiger charge is 2.23. The van der Waals surface area contributed by atoms with Crippen molar-refractivity contribution in [3.05, 3.63) is 29.6 Å². The van der Waals surface area contributed by atoms with E-state index in [1.54, 1.807) is 12.1 Å². The van der Waals surface area contributed by atoms with Gasteiger partial charge < -0.3 is 10.6 Å². The lowest BCUT2D eigenvalue weighted by Crippen LogP contribution is -2.41. The third-order valence-corrected chi connectivity index (χ3v) is 3.26. The van der Waals surface area contributed by atoms with Crippen molar-refractivity contribution in [2.45, 2.75) is 40.7 Å². The van der Waals surface area contributed by atoms with E-state index in [1.807, 2.05) is 13.8 Å². The van der Waals surface area contributed by atoms with Gasteiger partial charge in [-0.2, -0.15) is 0 Å². The van der Waals surface area contributed by atoms with Gasteiger partial charge in [0.15, 0.2) is 0 Å². The molecule has 0 radical (unpaired) electrons. The van der Waals surface area contributed by atoms with Gasteiger partial charge in [-0.05, 0) is 31.4 Å². The van der Waals surface area contributed by atoms with Crippen molar-refractivity contribution in [1.82, 2.24) is 5.32 Å². The van der Waals surface area contributed by atoms with Crippen LogP contribution in [0.15, 0.2) is 18.2 Å². The van der Waals surface area contributed by atoms with E-state index in [2.05, 4.69) is 31.4 Å². The van der Waals surface area contributed by atoms with Crippen LogP contribution in [0.3, 0.4) is 0 Å². The molecule has 0 aliphatic heterocycles. The monoisotopic (exact) mass is 266 g/mol. The fraction of sp³-hybridized carbons (Fsp3) is 0.533. The van der Waals surface area contributed by atoms with Crippen LogP contribution in [0, 0.1) is 11.2 Å². The zero-order valence-corrected chi connectivity index (χ0v) is 12.3. The summed E-state index contributed by atoms with van der Waals surface area (Å²) in [6.45, 7) is 10.5. The number of amides is 1. The van der Waals surface area contributed by atoms with E-state index in [1.165, 1.54) is 6.07 Å². The molecule has 106 valence electrons. The molecule has 4 heteroatoms. The second-order valence-electron chi connectivity index (χ2n) is 5.75. The Morgan fingerprint density at radius 1 is 1.37 bits per heavy atom. The first-order valence-electron chi connectivity index (χ1n) is 6.60. The molecular formula is C15H23FN2O. The van der Waals surface area contributed by atoms with Gasteiger partial charge in [-0.3, -0.25) is 4.79 Å². The second-order valence-corrected chi connectivity index (χ2v) is 5.75. The van der Waals surface area contributed by atoms with Crippen molar-refractivity contribution < 1.29 is 9.18 Å². The van der Waals surface area contributed by atoms with Crippen LogP contribution in [-0.4, -0.2) is 18.5 Å². The van der Waals surface area contributed by atoms with Crippen LogP contribution in [0.4, 0.5) is 10.1 Å². The molecule has 0 aliphatic carbocycles. The van der Waals surface area contributed by atoms with Gasteiger partial charge in [-0.25, -0.2) is 4.39 Å². The molecule has 1 aromatic rings. The molecule has 3 nitrogen and oxygen atoms in total. The van der Waals surface area contributed by atoms with Gasteiger partial charge in [0, 0.05) is 12.6 Å². The minimum atomic E-state index is -0.405. The van der Waals surface area contributed by atoms with Gasteiger partial charge in [0.2, 0.25) is 0 Å². The number of hydrogen-bond acceptors (Lipinski definition) is 2. The number of anilines is 1. The van der Waals surface area contributed by atoms with Crippen molar-refractivity contribution in [3.63, 3.8) is 0 Å². The molecule has 0 aliphatic rings. The minimum Gasteiger partial charge on any atom is -0.382 e. The van der Waals surface area contributed by atoms with Crippen LogP contribution in [0.2, 0.25) is 0 Å². The largest absolute Gasteiger partial charge is 0.382 e. The SMILES string of the molecule is CCNc1c(F)cccc1C(=O)NC(C)C(C)(C)C. The van der Waals surface area contributed by atoms with Crippen LogP contribution in [0.25, 0.3) is 0 Å². The summed E-state index contributed by atoms with van der Waals surface area (Å²) < 4.78 is 13.7. The number of hydrogen-bond donors (Lipinski definition) is 2. The number of nitrogens with one attached hydrogen (secondary N) is 2. The second kappa shape index (κ2) is 6.04. The van der Waals surface area contributed by atoms with Gasteiger partial charge in [0.05, 0.1) is 11.3 Å². The van der Waals surface area contributed by atoms with Gasteiger partial charge in [-0.1, -0.05) is 26.8 Å². The van der Waals surface area contributed by atoms with Crippen LogP contribution in [-0.2, 0) is 0 Å². The van der Waals surface area contributed by atoms with Crippen molar-refractivity contribution >= 4 is 11.6 Å². The molecule has 1 unspecified atom stereocenters. The van der Waals surface area contributed by atoms with Crippen molar-refractivity contribution in [3.8, 4) is 0 Å². The summed E-state index contributed by atoms with van der Waals surface area (Å²) in [5.41, 5.74) is 0.572. The Hall–Kier alpha value is -1.58. The lowest BCUT2D eigenvalue weighted by atomic mass is 9.88. The topological polar surface area (TPSA) is 41.1 Å². The fourth-order valence-corrected chi connectivity index (χ4v) is 1.56. The van der Waals surface area contributed by atoms with Gasteiger partial charge >= 0.3 is 0 Å². The van der Waals surface area contributed by atoms with E-state index >= 15 is 0 Å². The Balaban J connectivity index is 2.97. The zero-order chi connectivity index (χ0) is 14.6. The predicted octanol–water partition coefficient (Wildman–Crippen LogP) is 3.42. The molecule has 1 aromatic carbocycles. The molecule has 0 saturated carbocycles. The Kier molecular flexibility index (Phi) is 4.92. The third-order valence-electron chi connectivity index (χ3n) is 3.26. The summed E-state index contributed by atoms with van der Waals surface area (Å²) >= 11 is 0. The maximum Gasteiger partial charge on any atom is 0.253 e. The van der Waals surface area contributed by atoms with Gasteiger partial charge in [0.1, 0.15) is 5.82 Å². The molecule has 2 N–H and O–H groups in total. The van der Waals surface area contributed by atoms with Crippen molar-refractivity contribution in [2.24, 2.45) is 5.41 Å². The van der Waals surface area contributed by atoms with E-state index in [4.69, 9.17) is 0 Å². The van der Waals surface area contributed by atoms with Gasteiger partial charge in [-0.15, -0.1) is 0 Å². The summed E-state index contributed by atoms with van der Waals surface area (Å²) in [6, 6.07) is 4.53. The lowest BCUT2D eigenvalue weighted by Gasteiger charge is -2.28. The highest BCUT2D eigenvalue weighted by atomic mass is 19.1. The fourth-order valence-electron chi connectivity index (χ4n) is 1.56. The molecule has 0 bridgehead atoms. The van der Waals surface area contributed by atoms with E-state index in [9.17, 15) is 9.18 Å². The van der Waals surface area contributed by atoms with Crippen LogP contribution >= 0.6 is 0 Å². The lowest BCUT2D eigenvalue weighted by molar-refractivity contribution is 0.0910. The number of halogens is 1. The molecule has 1 rings (SSSR count). The normalized spacial score (nSPS) is 12.9. The number of carbonyl (C=O) groups is 1. The summed E-state index contributed by atoms with van der Waals surface area (Å²) in [5, 5.41) is 5.82. The molecule has 0 spiro atoms. The van der Waals surface area contributed by atoms with E-state index in [0.29, 0.717) is 12.1 Å². The number of carbonyl (C=O) groups excluding carboxylic acids is 1.